The van der Waals surface area contributed by atoms with Gasteiger partial charge in [-0.15, -0.1) is 11.8 Å². The maximum absolute atomic E-state index is 13.9. The summed E-state index contributed by atoms with van der Waals surface area (Å²) in [5.41, 5.74) is 0.166. The predicted octanol–water partition coefficient (Wildman–Crippen LogP) is 5.32. The fourth-order valence-electron chi connectivity index (χ4n) is 5.17. The molecule has 5 nitrogen and oxygen atoms in total. The molecule has 34 heavy (non-hydrogen) atoms. The Balaban J connectivity index is 1.51. The summed E-state index contributed by atoms with van der Waals surface area (Å²) in [7, 11) is 3.89. The Morgan fingerprint density at radius 3 is 2.44 bits per heavy atom. The van der Waals surface area contributed by atoms with Crippen LogP contribution in [0.4, 0.5) is 13.2 Å². The largest absolute Gasteiger partial charge is 0.508 e. The van der Waals surface area contributed by atoms with Crippen LogP contribution in [0.25, 0.3) is 0 Å². The first-order valence-corrected chi connectivity index (χ1v) is 12.4. The molecule has 2 aliphatic rings. The van der Waals surface area contributed by atoms with Crippen LogP contribution in [-0.4, -0.2) is 53.4 Å². The summed E-state index contributed by atoms with van der Waals surface area (Å²) in [6, 6.07) is 8.49. The zero-order chi connectivity index (χ0) is 24.9. The van der Waals surface area contributed by atoms with Gasteiger partial charge in [0.05, 0.1) is 10.3 Å². The molecule has 3 atom stereocenters. The number of likely N-dealkylation sites (N-methyl/N-ethyl adjacent to an activating group) is 1. The third kappa shape index (κ3) is 4.33. The quantitative estimate of drug-likeness (QED) is 0.518. The van der Waals surface area contributed by atoms with E-state index in [0.29, 0.717) is 12.3 Å². The lowest BCUT2D eigenvalue weighted by Gasteiger charge is -2.53. The standard InChI is InChI=1S/C25H31F3N2O3S/c1-15-11-17(31)6-7-18(15)20-13-34-24(20,30(3)4)14-29-22(32)12-19(21-8-5-16(2)33-21)23(9-10-23)25(26,27)28/h5-8,11,19-20,31H,9-10,12-14H2,1-4H3,(H,29,32)/t19-,20?,24-/m1/s1. The summed E-state index contributed by atoms with van der Waals surface area (Å²) in [6.45, 7) is 3.94. The maximum atomic E-state index is 13.9. The van der Waals surface area contributed by atoms with Gasteiger partial charge in [0.2, 0.25) is 5.91 Å². The highest BCUT2D eigenvalue weighted by Gasteiger charge is 2.68. The molecule has 0 radical (unpaired) electrons. The number of benzene rings is 1. The molecule has 2 fully saturated rings. The lowest BCUT2D eigenvalue weighted by molar-refractivity contribution is -0.196. The molecule has 186 valence electrons. The highest BCUT2D eigenvalue weighted by molar-refractivity contribution is 8.02. The van der Waals surface area contributed by atoms with Crippen LogP contribution in [0.3, 0.4) is 0 Å². The lowest BCUT2D eigenvalue weighted by Crippen LogP contribution is -2.60. The molecule has 1 aromatic heterocycles. The van der Waals surface area contributed by atoms with E-state index in [1.54, 1.807) is 43.0 Å². The average molecular weight is 497 g/mol. The minimum atomic E-state index is -4.39. The van der Waals surface area contributed by atoms with Crippen molar-refractivity contribution in [2.75, 3.05) is 26.4 Å². The van der Waals surface area contributed by atoms with E-state index in [1.165, 1.54) is 0 Å². The molecule has 9 heteroatoms. The van der Waals surface area contributed by atoms with E-state index in [2.05, 4.69) is 10.2 Å². The molecule has 1 aliphatic heterocycles. The highest BCUT2D eigenvalue weighted by Crippen LogP contribution is 2.66. The van der Waals surface area contributed by atoms with Gasteiger partial charge < -0.3 is 14.8 Å². The Kier molecular flexibility index (Phi) is 6.48. The normalized spacial score (nSPS) is 24.5. The number of hydrogen-bond donors (Lipinski definition) is 2. The molecule has 4 rings (SSSR count). The molecule has 0 bridgehead atoms. The average Bonchev–Trinajstić information content (AvgIpc) is 3.43. The van der Waals surface area contributed by atoms with Crippen molar-refractivity contribution in [3.8, 4) is 5.75 Å². The van der Waals surface area contributed by atoms with E-state index in [4.69, 9.17) is 4.42 Å². The Morgan fingerprint density at radius 2 is 1.97 bits per heavy atom. The van der Waals surface area contributed by atoms with Crippen LogP contribution in [-0.2, 0) is 4.79 Å². The Bertz CT molecular complexity index is 1060. The molecule has 1 saturated carbocycles. The molecule has 1 aromatic carbocycles. The van der Waals surface area contributed by atoms with E-state index >= 15 is 0 Å². The SMILES string of the molecule is Cc1ccc([C@@H](CC(=O)NC[C@@]2(N(C)C)SCC2c2ccc(O)cc2C)C2(C(F)(F)F)CC2)o1. The number of carbonyl (C=O) groups is 1. The zero-order valence-electron chi connectivity index (χ0n) is 19.8. The topological polar surface area (TPSA) is 65.7 Å². The second kappa shape index (κ2) is 8.82. The Labute approximate surface area is 202 Å². The number of halogens is 3. The van der Waals surface area contributed by atoms with Gasteiger partial charge in [-0.2, -0.15) is 13.2 Å². The number of aryl methyl sites for hydroxylation is 2. The molecule has 2 aromatic rings. The van der Waals surface area contributed by atoms with Crippen LogP contribution in [0.15, 0.2) is 34.7 Å². The summed E-state index contributed by atoms with van der Waals surface area (Å²) in [5, 5.41) is 12.7. The van der Waals surface area contributed by atoms with Crippen molar-refractivity contribution in [1.82, 2.24) is 10.2 Å². The van der Waals surface area contributed by atoms with Gasteiger partial charge in [0.25, 0.3) is 0 Å². The smallest absolute Gasteiger partial charge is 0.395 e. The number of thioether (sulfide) groups is 1. The summed E-state index contributed by atoms with van der Waals surface area (Å²) in [4.78, 5) is 14.7. The van der Waals surface area contributed by atoms with Crippen LogP contribution in [0, 0.1) is 19.3 Å². The second-order valence-electron chi connectivity index (χ2n) is 9.78. The van der Waals surface area contributed by atoms with Crippen LogP contribution in [0.5, 0.6) is 5.75 Å². The summed E-state index contributed by atoms with van der Waals surface area (Å²) < 4.78 is 47.4. The van der Waals surface area contributed by atoms with Crippen LogP contribution in [0.1, 0.15) is 53.7 Å². The van der Waals surface area contributed by atoms with E-state index in [0.717, 1.165) is 16.9 Å². The predicted molar refractivity (Wildman–Crippen MR) is 126 cm³/mol. The number of rotatable bonds is 8. The fourth-order valence-corrected chi connectivity index (χ4v) is 6.63. The number of aromatic hydroxyl groups is 1. The minimum absolute atomic E-state index is 0.00782. The Hall–Kier alpha value is -2.13. The van der Waals surface area contributed by atoms with Gasteiger partial charge in [-0.1, -0.05) is 6.07 Å². The second-order valence-corrected chi connectivity index (χ2v) is 11.1. The molecule has 1 saturated heterocycles. The molecule has 1 unspecified atom stereocenters. The van der Waals surface area contributed by atoms with Gasteiger partial charge in [0.15, 0.2) is 0 Å². The number of phenols is 1. The summed E-state index contributed by atoms with van der Waals surface area (Å²) >= 11 is 1.71. The molecule has 2 heterocycles. The van der Waals surface area contributed by atoms with E-state index in [-0.39, 0.29) is 36.7 Å². The summed E-state index contributed by atoms with van der Waals surface area (Å²) in [6.07, 6.45) is -4.65. The molecule has 0 spiro atoms. The van der Waals surface area contributed by atoms with Crippen molar-refractivity contribution in [2.45, 2.75) is 56.0 Å². The fraction of sp³-hybridized carbons (Fsp3) is 0.560. The van der Waals surface area contributed by atoms with Crippen LogP contribution in [0.2, 0.25) is 0 Å². The van der Waals surface area contributed by atoms with Crippen molar-refractivity contribution >= 4 is 17.7 Å². The molecular weight excluding hydrogens is 465 g/mol. The van der Waals surface area contributed by atoms with Gasteiger partial charge in [-0.05, 0) is 76.2 Å². The first kappa shape index (κ1) is 25.0. The van der Waals surface area contributed by atoms with E-state index < -0.39 is 28.3 Å². The number of amides is 1. The van der Waals surface area contributed by atoms with E-state index in [1.807, 2.05) is 27.1 Å². The minimum Gasteiger partial charge on any atom is -0.508 e. The first-order valence-electron chi connectivity index (χ1n) is 11.4. The monoisotopic (exact) mass is 496 g/mol. The van der Waals surface area contributed by atoms with Gasteiger partial charge >= 0.3 is 6.18 Å². The van der Waals surface area contributed by atoms with Gasteiger partial charge in [0, 0.05) is 30.6 Å². The third-order valence-corrected chi connectivity index (χ3v) is 9.28. The van der Waals surface area contributed by atoms with Crippen molar-refractivity contribution in [2.24, 2.45) is 5.41 Å². The van der Waals surface area contributed by atoms with Crippen LogP contribution >= 0.6 is 11.8 Å². The number of hydrogen-bond acceptors (Lipinski definition) is 5. The van der Waals surface area contributed by atoms with Gasteiger partial charge in [0.1, 0.15) is 17.3 Å². The van der Waals surface area contributed by atoms with Crippen LogP contribution < -0.4 is 5.32 Å². The number of nitrogens with zero attached hydrogens (tertiary/aromatic N) is 1. The lowest BCUT2D eigenvalue weighted by atomic mass is 9.83. The molecular formula is C25H31F3N2O3S. The molecule has 1 aliphatic carbocycles. The molecule has 2 N–H and O–H groups in total. The molecule has 1 amide bonds. The summed E-state index contributed by atoms with van der Waals surface area (Å²) in [5.74, 6) is 0.468. The van der Waals surface area contributed by atoms with E-state index in [9.17, 15) is 23.1 Å². The highest BCUT2D eigenvalue weighted by atomic mass is 32.2. The maximum Gasteiger partial charge on any atom is 0.395 e. The zero-order valence-corrected chi connectivity index (χ0v) is 20.6. The number of furan rings is 1. The number of alkyl halides is 3. The number of phenolic OH excluding ortho intramolecular Hbond substituents is 1. The third-order valence-electron chi connectivity index (χ3n) is 7.48. The number of nitrogens with one attached hydrogen (secondary N) is 1. The van der Waals surface area contributed by atoms with Crippen molar-refractivity contribution < 1.29 is 27.5 Å². The van der Waals surface area contributed by atoms with Crippen molar-refractivity contribution in [3.63, 3.8) is 0 Å². The first-order chi connectivity index (χ1) is 15.9. The number of carbonyl (C=O) groups excluding carboxylic acids is 1. The van der Waals surface area contributed by atoms with Gasteiger partial charge in [-0.3, -0.25) is 9.69 Å². The van der Waals surface area contributed by atoms with Gasteiger partial charge in [-0.25, -0.2) is 0 Å². The Morgan fingerprint density at radius 1 is 1.26 bits per heavy atom. The van der Waals surface area contributed by atoms with Crippen molar-refractivity contribution in [3.05, 3.63) is 53.0 Å². The van der Waals surface area contributed by atoms with Crippen molar-refractivity contribution in [1.29, 1.82) is 0 Å².